The first kappa shape index (κ1) is 13.8. The number of anilines is 1. The summed E-state index contributed by atoms with van der Waals surface area (Å²) in [7, 11) is 0. The van der Waals surface area contributed by atoms with Gasteiger partial charge in [0.2, 0.25) is 5.89 Å². The molecule has 0 atom stereocenters. The summed E-state index contributed by atoms with van der Waals surface area (Å²) in [4.78, 5) is 18.7. The lowest BCUT2D eigenvalue weighted by atomic mass is 10.0. The van der Waals surface area contributed by atoms with Crippen molar-refractivity contribution >= 4 is 28.8 Å². The Morgan fingerprint density at radius 1 is 1.13 bits per heavy atom. The number of hydrogen-bond donors (Lipinski definition) is 0. The van der Waals surface area contributed by atoms with Gasteiger partial charge >= 0.3 is 0 Å². The predicted octanol–water partition coefficient (Wildman–Crippen LogP) is 3.82. The van der Waals surface area contributed by atoms with Gasteiger partial charge in [-0.3, -0.25) is 4.79 Å². The highest BCUT2D eigenvalue weighted by atomic mass is 16.3. The average molecular weight is 304 g/mol. The second kappa shape index (κ2) is 5.72. The Morgan fingerprint density at radius 2 is 1.96 bits per heavy atom. The van der Waals surface area contributed by atoms with E-state index < -0.39 is 0 Å². The van der Waals surface area contributed by atoms with Crippen LogP contribution >= 0.6 is 0 Å². The summed E-state index contributed by atoms with van der Waals surface area (Å²) >= 11 is 0. The van der Waals surface area contributed by atoms with Crippen LogP contribution in [-0.2, 0) is 11.2 Å². The van der Waals surface area contributed by atoms with Crippen molar-refractivity contribution in [3.8, 4) is 0 Å². The van der Waals surface area contributed by atoms with Crippen molar-refractivity contribution in [2.45, 2.75) is 12.8 Å². The van der Waals surface area contributed by atoms with Crippen molar-refractivity contribution < 1.29 is 9.21 Å². The van der Waals surface area contributed by atoms with Crippen molar-refractivity contribution in [3.63, 3.8) is 0 Å². The number of para-hydroxylation sites is 3. The molecule has 1 amide bonds. The average Bonchev–Trinajstić information content (AvgIpc) is 3.02. The van der Waals surface area contributed by atoms with Crippen molar-refractivity contribution in [1.82, 2.24) is 4.98 Å². The molecule has 0 unspecified atom stereocenters. The lowest BCUT2D eigenvalue weighted by Crippen LogP contribution is -2.34. The number of oxazole rings is 1. The summed E-state index contributed by atoms with van der Waals surface area (Å²) in [6, 6.07) is 15.6. The minimum absolute atomic E-state index is 0.0422. The van der Waals surface area contributed by atoms with E-state index in [0.717, 1.165) is 36.2 Å². The fourth-order valence-corrected chi connectivity index (χ4v) is 2.96. The van der Waals surface area contributed by atoms with Crippen molar-refractivity contribution in [2.24, 2.45) is 0 Å². The van der Waals surface area contributed by atoms with Crippen LogP contribution in [-0.4, -0.2) is 17.4 Å². The van der Waals surface area contributed by atoms with Crippen LogP contribution in [0.3, 0.4) is 0 Å². The van der Waals surface area contributed by atoms with Crippen LogP contribution in [0.5, 0.6) is 0 Å². The van der Waals surface area contributed by atoms with Gasteiger partial charge in [-0.05, 0) is 36.6 Å². The number of rotatable bonds is 2. The van der Waals surface area contributed by atoms with Crippen LogP contribution in [0.4, 0.5) is 5.69 Å². The maximum Gasteiger partial charge on any atom is 0.251 e. The lowest BCUT2D eigenvalue weighted by molar-refractivity contribution is -0.114. The molecule has 114 valence electrons. The minimum Gasteiger partial charge on any atom is -0.437 e. The fraction of sp³-hybridized carbons (Fsp3) is 0.158. The molecule has 0 bridgehead atoms. The van der Waals surface area contributed by atoms with Crippen molar-refractivity contribution in [1.29, 1.82) is 0 Å². The number of fused-ring (bicyclic) bond motifs is 2. The van der Waals surface area contributed by atoms with E-state index in [1.54, 1.807) is 6.08 Å². The summed E-state index contributed by atoms with van der Waals surface area (Å²) in [5, 5.41) is 0. The first-order valence-corrected chi connectivity index (χ1v) is 7.74. The topological polar surface area (TPSA) is 46.3 Å². The molecule has 4 nitrogen and oxygen atoms in total. The molecule has 1 aliphatic heterocycles. The van der Waals surface area contributed by atoms with Crippen LogP contribution in [0.25, 0.3) is 17.2 Å². The van der Waals surface area contributed by atoms with Crippen LogP contribution in [0, 0.1) is 0 Å². The van der Waals surface area contributed by atoms with Gasteiger partial charge in [0.05, 0.1) is 0 Å². The third-order valence-electron chi connectivity index (χ3n) is 4.06. The molecule has 0 saturated carbocycles. The number of amides is 1. The number of benzene rings is 2. The molecular weight excluding hydrogens is 288 g/mol. The number of carbonyl (C=O) groups is 1. The SMILES string of the molecule is O=C(C=Cc1nc2ccccc2o1)N1CCCc2ccccc21. The summed E-state index contributed by atoms with van der Waals surface area (Å²) in [6.45, 7) is 0.744. The van der Waals surface area contributed by atoms with Gasteiger partial charge in [0, 0.05) is 24.4 Å². The molecule has 0 spiro atoms. The Morgan fingerprint density at radius 3 is 2.87 bits per heavy atom. The van der Waals surface area contributed by atoms with Crippen molar-refractivity contribution in [3.05, 3.63) is 66.1 Å². The minimum atomic E-state index is -0.0422. The van der Waals surface area contributed by atoms with Gasteiger partial charge in [0.1, 0.15) is 5.52 Å². The Balaban J connectivity index is 1.58. The summed E-state index contributed by atoms with van der Waals surface area (Å²) in [5.74, 6) is 0.407. The predicted molar refractivity (Wildman–Crippen MR) is 90.2 cm³/mol. The molecule has 0 radical (unpaired) electrons. The molecule has 2 aromatic carbocycles. The van der Waals surface area contributed by atoms with E-state index in [-0.39, 0.29) is 5.91 Å². The van der Waals surface area contributed by atoms with Gasteiger partial charge in [-0.2, -0.15) is 0 Å². The Bertz CT molecular complexity index is 862. The molecular formula is C19H16N2O2. The standard InChI is InChI=1S/C19H16N2O2/c22-19(21-13-5-7-14-6-1-3-9-16(14)21)12-11-18-20-15-8-2-4-10-17(15)23-18/h1-4,6,8-12H,5,7,13H2. The third kappa shape index (κ3) is 2.63. The van der Waals surface area contributed by atoms with Gasteiger partial charge in [-0.25, -0.2) is 4.98 Å². The first-order chi connectivity index (χ1) is 11.3. The molecule has 0 N–H and O–H groups in total. The molecule has 0 aliphatic carbocycles. The van der Waals surface area contributed by atoms with Crippen LogP contribution in [0.1, 0.15) is 17.9 Å². The van der Waals surface area contributed by atoms with Crippen molar-refractivity contribution in [2.75, 3.05) is 11.4 Å². The van der Waals surface area contributed by atoms with E-state index >= 15 is 0 Å². The molecule has 0 fully saturated rings. The number of carbonyl (C=O) groups excluding carboxylic acids is 1. The number of aromatic nitrogens is 1. The second-order valence-corrected chi connectivity index (χ2v) is 5.58. The Hall–Kier alpha value is -2.88. The highest BCUT2D eigenvalue weighted by molar-refractivity contribution is 6.04. The van der Waals surface area contributed by atoms with Crippen LogP contribution in [0.15, 0.2) is 59.0 Å². The summed E-state index contributed by atoms with van der Waals surface area (Å²) in [6.07, 6.45) is 5.18. The highest BCUT2D eigenvalue weighted by Crippen LogP contribution is 2.27. The van der Waals surface area contributed by atoms with Crippen LogP contribution < -0.4 is 4.90 Å². The second-order valence-electron chi connectivity index (χ2n) is 5.58. The van der Waals surface area contributed by atoms with Gasteiger partial charge in [0.15, 0.2) is 5.58 Å². The molecule has 4 rings (SSSR count). The largest absolute Gasteiger partial charge is 0.437 e. The van der Waals surface area contributed by atoms with Gasteiger partial charge in [0.25, 0.3) is 5.91 Å². The molecule has 23 heavy (non-hydrogen) atoms. The molecule has 3 aromatic rings. The smallest absolute Gasteiger partial charge is 0.251 e. The zero-order valence-corrected chi connectivity index (χ0v) is 12.6. The van der Waals surface area contributed by atoms with E-state index in [2.05, 4.69) is 11.1 Å². The molecule has 0 saturated heterocycles. The van der Waals surface area contributed by atoms with E-state index in [1.807, 2.05) is 47.4 Å². The normalized spacial score (nSPS) is 14.3. The van der Waals surface area contributed by atoms with Gasteiger partial charge in [-0.1, -0.05) is 30.3 Å². The highest BCUT2D eigenvalue weighted by Gasteiger charge is 2.20. The van der Waals surface area contributed by atoms with Crippen LogP contribution in [0.2, 0.25) is 0 Å². The number of hydrogen-bond acceptors (Lipinski definition) is 3. The summed E-state index contributed by atoms with van der Waals surface area (Å²) < 4.78 is 5.61. The van der Waals surface area contributed by atoms with Gasteiger partial charge in [-0.15, -0.1) is 0 Å². The van der Waals surface area contributed by atoms with E-state index in [9.17, 15) is 4.79 Å². The molecule has 2 heterocycles. The number of nitrogens with zero attached hydrogens (tertiary/aromatic N) is 2. The van der Waals surface area contributed by atoms with E-state index in [0.29, 0.717) is 5.89 Å². The summed E-state index contributed by atoms with van der Waals surface area (Å²) in [5.41, 5.74) is 3.75. The quantitative estimate of drug-likeness (QED) is 0.676. The monoisotopic (exact) mass is 304 g/mol. The zero-order valence-electron chi connectivity index (χ0n) is 12.6. The number of aryl methyl sites for hydroxylation is 1. The van der Waals surface area contributed by atoms with E-state index in [4.69, 9.17) is 4.42 Å². The fourth-order valence-electron chi connectivity index (χ4n) is 2.96. The first-order valence-electron chi connectivity index (χ1n) is 7.74. The lowest BCUT2D eigenvalue weighted by Gasteiger charge is -2.28. The zero-order chi connectivity index (χ0) is 15.6. The molecule has 4 heteroatoms. The maximum atomic E-state index is 12.5. The van der Waals surface area contributed by atoms with E-state index in [1.165, 1.54) is 11.6 Å². The third-order valence-corrected chi connectivity index (χ3v) is 4.06. The Kier molecular flexibility index (Phi) is 3.42. The Labute approximate surface area is 134 Å². The molecule has 1 aromatic heterocycles. The maximum absolute atomic E-state index is 12.5. The molecule has 1 aliphatic rings. The van der Waals surface area contributed by atoms with Gasteiger partial charge < -0.3 is 9.32 Å².